The van der Waals surface area contributed by atoms with Gasteiger partial charge in [0.25, 0.3) is 5.91 Å². The van der Waals surface area contributed by atoms with Gasteiger partial charge in [-0.25, -0.2) is 0 Å². The quantitative estimate of drug-likeness (QED) is 0.599. The molecule has 0 radical (unpaired) electrons. The van der Waals surface area contributed by atoms with E-state index in [-0.39, 0.29) is 12.5 Å². The molecular weight excluding hydrogens is 256 g/mol. The number of rotatable bonds is 2. The maximum atomic E-state index is 11.9. The van der Waals surface area contributed by atoms with Crippen LogP contribution in [0.2, 0.25) is 0 Å². The van der Waals surface area contributed by atoms with Crippen LogP contribution in [0.5, 0.6) is 0 Å². The molecule has 0 atom stereocenters. The molecule has 0 saturated carbocycles. The summed E-state index contributed by atoms with van der Waals surface area (Å²) in [6, 6.07) is 0. The van der Waals surface area contributed by atoms with Crippen LogP contribution >= 0.6 is 24.0 Å². The van der Waals surface area contributed by atoms with Crippen LogP contribution < -0.4 is 0 Å². The Labute approximate surface area is 109 Å². The average Bonchev–Trinajstić information content (AvgIpc) is 2.59. The molecule has 0 spiro atoms. The normalized spacial score (nSPS) is 19.9. The second kappa shape index (κ2) is 5.03. The molecule has 1 fully saturated rings. The number of allylic oxidation sites excluding steroid dienone is 3. The number of thioether (sulfide) groups is 1. The smallest absolute Gasteiger partial charge is 0.266 e. The summed E-state index contributed by atoms with van der Waals surface area (Å²) in [4.78, 5) is 15.9. The summed E-state index contributed by atoms with van der Waals surface area (Å²) in [7, 11) is 1.68. The third-order valence-electron chi connectivity index (χ3n) is 2.47. The highest BCUT2D eigenvalue weighted by Gasteiger charge is 2.30. The van der Waals surface area contributed by atoms with Crippen molar-refractivity contribution in [2.75, 3.05) is 20.2 Å². The van der Waals surface area contributed by atoms with Gasteiger partial charge in [-0.2, -0.15) is 0 Å². The number of amides is 1. The maximum absolute atomic E-state index is 11.9. The summed E-state index contributed by atoms with van der Waals surface area (Å²) < 4.78 is 0.581. The van der Waals surface area contributed by atoms with Crippen LogP contribution in [-0.2, 0) is 4.79 Å². The van der Waals surface area contributed by atoms with Gasteiger partial charge in [-0.3, -0.25) is 9.69 Å². The van der Waals surface area contributed by atoms with Gasteiger partial charge in [0.15, 0.2) is 0 Å². The number of hydrogen-bond acceptors (Lipinski definition) is 5. The lowest BCUT2D eigenvalue weighted by molar-refractivity contribution is -0.121. The fourth-order valence-electron chi connectivity index (χ4n) is 1.49. The van der Waals surface area contributed by atoms with E-state index in [9.17, 15) is 4.79 Å². The molecule has 0 aromatic carbocycles. The third kappa shape index (κ3) is 2.43. The lowest BCUT2D eigenvalue weighted by Gasteiger charge is -2.17. The van der Waals surface area contributed by atoms with Crippen molar-refractivity contribution in [1.82, 2.24) is 9.80 Å². The Balaban J connectivity index is 2.20. The standard InChI is InChI=1S/C11H12N2O2S2/c1-12-10(15)9(17-11(12)16)8-2-4-13(5-3-8)6-7-14/h2-5,14H,6-7H2,1H3. The summed E-state index contributed by atoms with van der Waals surface area (Å²) in [6.45, 7) is 0.649. The van der Waals surface area contributed by atoms with E-state index in [0.29, 0.717) is 15.8 Å². The lowest BCUT2D eigenvalue weighted by Crippen LogP contribution is -2.22. The van der Waals surface area contributed by atoms with Crippen LogP contribution in [0.25, 0.3) is 0 Å². The third-order valence-corrected chi connectivity index (χ3v) is 4.06. The van der Waals surface area contributed by atoms with Crippen molar-refractivity contribution in [3.63, 3.8) is 0 Å². The van der Waals surface area contributed by atoms with E-state index in [1.807, 2.05) is 29.5 Å². The van der Waals surface area contributed by atoms with Crippen molar-refractivity contribution in [3.05, 3.63) is 35.0 Å². The first-order chi connectivity index (χ1) is 8.13. The molecule has 17 heavy (non-hydrogen) atoms. The molecule has 0 unspecified atom stereocenters. The van der Waals surface area contributed by atoms with Gasteiger partial charge in [-0.15, -0.1) is 0 Å². The van der Waals surface area contributed by atoms with Gasteiger partial charge in [0.1, 0.15) is 4.32 Å². The van der Waals surface area contributed by atoms with E-state index < -0.39 is 0 Å². The lowest BCUT2D eigenvalue weighted by atomic mass is 10.2. The van der Waals surface area contributed by atoms with Crippen molar-refractivity contribution in [2.24, 2.45) is 0 Å². The second-order valence-corrected chi connectivity index (χ2v) is 5.25. The Hall–Kier alpha value is -1.11. The SMILES string of the molecule is CN1C(=O)C(=C2C=CN(CCO)C=C2)SC1=S. The highest BCUT2D eigenvalue weighted by atomic mass is 32.2. The van der Waals surface area contributed by atoms with Gasteiger partial charge in [-0.05, 0) is 17.7 Å². The Morgan fingerprint density at radius 2 is 2.06 bits per heavy atom. The highest BCUT2D eigenvalue weighted by molar-refractivity contribution is 8.26. The zero-order valence-corrected chi connectivity index (χ0v) is 10.9. The van der Waals surface area contributed by atoms with E-state index >= 15 is 0 Å². The van der Waals surface area contributed by atoms with Crippen LogP contribution in [0, 0.1) is 0 Å². The zero-order valence-electron chi connectivity index (χ0n) is 9.29. The molecule has 0 bridgehead atoms. The van der Waals surface area contributed by atoms with Crippen molar-refractivity contribution in [1.29, 1.82) is 0 Å². The van der Waals surface area contributed by atoms with Crippen molar-refractivity contribution in [2.45, 2.75) is 0 Å². The number of aliphatic hydroxyl groups is 1. The fourth-order valence-corrected chi connectivity index (χ4v) is 2.70. The predicted molar refractivity (Wildman–Crippen MR) is 72.1 cm³/mol. The molecule has 1 saturated heterocycles. The second-order valence-electron chi connectivity index (χ2n) is 3.61. The molecule has 2 heterocycles. The van der Waals surface area contributed by atoms with E-state index in [2.05, 4.69) is 0 Å². The van der Waals surface area contributed by atoms with Gasteiger partial charge in [0, 0.05) is 26.0 Å². The first-order valence-corrected chi connectivity index (χ1v) is 6.33. The number of nitrogens with zero attached hydrogens (tertiary/aromatic N) is 2. The number of carbonyl (C=O) groups excluding carboxylic acids is 1. The Bertz CT molecular complexity index is 438. The number of likely N-dealkylation sites (N-methyl/N-ethyl adjacent to an activating group) is 1. The fraction of sp³-hybridized carbons (Fsp3) is 0.273. The van der Waals surface area contributed by atoms with Gasteiger partial charge in [-0.1, -0.05) is 24.0 Å². The maximum Gasteiger partial charge on any atom is 0.266 e. The first-order valence-electron chi connectivity index (χ1n) is 5.10. The zero-order chi connectivity index (χ0) is 12.4. The summed E-state index contributed by atoms with van der Waals surface area (Å²) in [5, 5.41) is 8.80. The predicted octanol–water partition coefficient (Wildman–Crippen LogP) is 1.07. The molecule has 0 aromatic heterocycles. The number of hydrogen-bond donors (Lipinski definition) is 1. The monoisotopic (exact) mass is 268 g/mol. The summed E-state index contributed by atoms with van der Waals surface area (Å²) >= 11 is 6.39. The molecule has 0 aromatic rings. The average molecular weight is 268 g/mol. The van der Waals surface area contributed by atoms with Crippen LogP contribution in [0.4, 0.5) is 0 Å². The minimum absolute atomic E-state index is 0.0556. The van der Waals surface area contributed by atoms with E-state index in [4.69, 9.17) is 17.3 Å². The molecule has 1 N–H and O–H groups in total. The topological polar surface area (TPSA) is 43.8 Å². The minimum atomic E-state index is -0.0556. The van der Waals surface area contributed by atoms with Gasteiger partial charge in [0.05, 0.1) is 11.5 Å². The van der Waals surface area contributed by atoms with E-state index in [0.717, 1.165) is 5.57 Å². The summed E-state index contributed by atoms with van der Waals surface area (Å²) in [5.41, 5.74) is 0.862. The first kappa shape index (κ1) is 12.3. The highest BCUT2D eigenvalue weighted by Crippen LogP contribution is 2.33. The number of aliphatic hydroxyl groups excluding tert-OH is 1. The minimum Gasteiger partial charge on any atom is -0.395 e. The Morgan fingerprint density at radius 1 is 1.41 bits per heavy atom. The van der Waals surface area contributed by atoms with E-state index in [1.54, 1.807) is 7.05 Å². The van der Waals surface area contributed by atoms with Gasteiger partial charge < -0.3 is 10.0 Å². The molecule has 90 valence electrons. The molecule has 1 amide bonds. The van der Waals surface area contributed by atoms with E-state index in [1.165, 1.54) is 16.7 Å². The largest absolute Gasteiger partial charge is 0.395 e. The van der Waals surface area contributed by atoms with Crippen LogP contribution in [0.15, 0.2) is 35.0 Å². The Kier molecular flexibility index (Phi) is 3.66. The van der Waals surface area contributed by atoms with Crippen LogP contribution in [0.1, 0.15) is 0 Å². The summed E-state index contributed by atoms with van der Waals surface area (Å²) in [5.74, 6) is -0.0556. The van der Waals surface area contributed by atoms with Crippen LogP contribution in [-0.4, -0.2) is 45.3 Å². The van der Waals surface area contributed by atoms with Crippen molar-refractivity contribution >= 4 is 34.2 Å². The molecular formula is C11H12N2O2S2. The number of thiocarbonyl (C=S) groups is 1. The number of β-amino-alcohol motifs (C(OH)–C–C–N with tert-alkyl or cyclic N) is 1. The Morgan fingerprint density at radius 3 is 2.53 bits per heavy atom. The molecule has 2 aliphatic heterocycles. The van der Waals surface area contributed by atoms with Gasteiger partial charge >= 0.3 is 0 Å². The molecule has 4 nitrogen and oxygen atoms in total. The summed E-state index contributed by atoms with van der Waals surface area (Å²) in [6.07, 6.45) is 7.40. The molecule has 2 rings (SSSR count). The molecule has 2 aliphatic rings. The van der Waals surface area contributed by atoms with Gasteiger partial charge in [0.2, 0.25) is 0 Å². The van der Waals surface area contributed by atoms with Crippen LogP contribution in [0.3, 0.4) is 0 Å². The van der Waals surface area contributed by atoms with Crippen molar-refractivity contribution < 1.29 is 9.90 Å². The molecule has 0 aliphatic carbocycles. The van der Waals surface area contributed by atoms with Crippen molar-refractivity contribution in [3.8, 4) is 0 Å². The number of carbonyl (C=O) groups is 1. The molecule has 6 heteroatoms.